The molecular formula is C25H21N5O4. The first-order valence-electron chi connectivity index (χ1n) is 10.2. The zero-order valence-electron chi connectivity index (χ0n) is 18.1. The lowest BCUT2D eigenvalue weighted by molar-refractivity contribution is 0.0706. The van der Waals surface area contributed by atoms with E-state index in [0.29, 0.717) is 17.1 Å². The summed E-state index contributed by atoms with van der Waals surface area (Å²) in [5.41, 5.74) is 5.35. The fourth-order valence-corrected chi connectivity index (χ4v) is 3.28. The molecule has 0 aliphatic heterocycles. The van der Waals surface area contributed by atoms with E-state index in [1.165, 1.54) is 19.2 Å². The normalized spacial score (nSPS) is 10.3. The predicted molar refractivity (Wildman–Crippen MR) is 128 cm³/mol. The molecule has 0 atom stereocenters. The minimum absolute atomic E-state index is 0.125. The van der Waals surface area contributed by atoms with Gasteiger partial charge in [-0.1, -0.05) is 36.4 Å². The Morgan fingerprint density at radius 3 is 2.38 bits per heavy atom. The Bertz CT molecular complexity index is 1310. The fourth-order valence-electron chi connectivity index (χ4n) is 3.28. The van der Waals surface area contributed by atoms with E-state index in [4.69, 9.17) is 9.94 Å². The highest BCUT2D eigenvalue weighted by atomic mass is 16.5. The summed E-state index contributed by atoms with van der Waals surface area (Å²) in [5.74, 6) is -0.00530. The standard InChI is InChI=1S/C25H21N5O4/c1-34-21-6-2-5-20(14-21)27-25(32)29-23-13-19(24(31)30-33)12-22(28-23)17-9-7-16(8-10-17)18-4-3-11-26-15-18/h2-15,33H,1H3,(H,30,31)(H2,27,28,29,32). The van der Waals surface area contributed by atoms with Gasteiger partial charge < -0.3 is 10.1 Å². The molecule has 9 nitrogen and oxygen atoms in total. The Labute approximate surface area is 195 Å². The van der Waals surface area contributed by atoms with Crippen LogP contribution in [-0.2, 0) is 0 Å². The molecule has 0 spiro atoms. The van der Waals surface area contributed by atoms with Crippen molar-refractivity contribution in [2.24, 2.45) is 0 Å². The second kappa shape index (κ2) is 10.2. The molecule has 4 aromatic rings. The average molecular weight is 455 g/mol. The van der Waals surface area contributed by atoms with E-state index >= 15 is 0 Å². The van der Waals surface area contributed by atoms with Crippen molar-refractivity contribution in [3.8, 4) is 28.1 Å². The van der Waals surface area contributed by atoms with Gasteiger partial charge in [-0.3, -0.25) is 20.3 Å². The van der Waals surface area contributed by atoms with Gasteiger partial charge in [0.1, 0.15) is 11.6 Å². The Balaban J connectivity index is 1.59. The van der Waals surface area contributed by atoms with Crippen molar-refractivity contribution < 1.29 is 19.5 Å². The van der Waals surface area contributed by atoms with Crippen LogP contribution < -0.4 is 20.9 Å². The molecule has 170 valence electrons. The zero-order chi connectivity index (χ0) is 23.9. The molecule has 2 aromatic heterocycles. The molecule has 0 aliphatic carbocycles. The number of nitrogens with one attached hydrogen (secondary N) is 3. The molecular weight excluding hydrogens is 434 g/mol. The highest BCUT2D eigenvalue weighted by Crippen LogP contribution is 2.26. The lowest BCUT2D eigenvalue weighted by Crippen LogP contribution is -2.22. The first-order chi connectivity index (χ1) is 16.6. The molecule has 34 heavy (non-hydrogen) atoms. The van der Waals surface area contributed by atoms with Gasteiger partial charge in [-0.25, -0.2) is 15.3 Å². The third kappa shape index (κ3) is 5.34. The number of carbonyl (C=O) groups excluding carboxylic acids is 2. The van der Waals surface area contributed by atoms with Gasteiger partial charge in [0, 0.05) is 35.3 Å². The van der Waals surface area contributed by atoms with Crippen molar-refractivity contribution in [3.63, 3.8) is 0 Å². The monoisotopic (exact) mass is 455 g/mol. The van der Waals surface area contributed by atoms with Gasteiger partial charge in [0.2, 0.25) is 0 Å². The molecule has 0 fully saturated rings. The van der Waals surface area contributed by atoms with Crippen LogP contribution in [0.3, 0.4) is 0 Å². The largest absolute Gasteiger partial charge is 0.497 e. The molecule has 2 heterocycles. The molecule has 0 bridgehead atoms. The Morgan fingerprint density at radius 2 is 1.68 bits per heavy atom. The fraction of sp³-hybridized carbons (Fsp3) is 0.0400. The van der Waals surface area contributed by atoms with Crippen LogP contribution in [0.2, 0.25) is 0 Å². The van der Waals surface area contributed by atoms with Gasteiger partial charge in [0.05, 0.1) is 12.8 Å². The van der Waals surface area contributed by atoms with Gasteiger partial charge in [-0.2, -0.15) is 0 Å². The molecule has 0 aliphatic rings. The quantitative estimate of drug-likeness (QED) is 0.249. The molecule has 3 amide bonds. The topological polar surface area (TPSA) is 125 Å². The minimum Gasteiger partial charge on any atom is -0.497 e. The molecule has 4 rings (SSSR count). The van der Waals surface area contributed by atoms with Crippen LogP contribution in [-0.4, -0.2) is 34.2 Å². The van der Waals surface area contributed by atoms with Gasteiger partial charge in [-0.15, -0.1) is 0 Å². The maximum absolute atomic E-state index is 12.5. The Kier molecular flexibility index (Phi) is 6.76. The first kappa shape index (κ1) is 22.4. The van der Waals surface area contributed by atoms with E-state index in [-0.39, 0.29) is 11.4 Å². The van der Waals surface area contributed by atoms with Gasteiger partial charge in [-0.05, 0) is 41.5 Å². The second-order valence-corrected chi connectivity index (χ2v) is 7.20. The number of methoxy groups -OCH3 is 1. The van der Waals surface area contributed by atoms with E-state index < -0.39 is 11.9 Å². The third-order valence-electron chi connectivity index (χ3n) is 4.93. The van der Waals surface area contributed by atoms with Crippen LogP contribution in [0.1, 0.15) is 10.4 Å². The summed E-state index contributed by atoms with van der Waals surface area (Å²) >= 11 is 0. The number of amides is 3. The Hall–Kier alpha value is -4.76. The van der Waals surface area contributed by atoms with Crippen molar-refractivity contribution in [2.75, 3.05) is 17.7 Å². The van der Waals surface area contributed by atoms with Crippen molar-refractivity contribution >= 4 is 23.4 Å². The number of carbonyl (C=O) groups is 2. The number of hydrogen-bond acceptors (Lipinski definition) is 6. The summed E-state index contributed by atoms with van der Waals surface area (Å²) in [6, 6.07) is 20.5. The summed E-state index contributed by atoms with van der Waals surface area (Å²) in [4.78, 5) is 33.2. The van der Waals surface area contributed by atoms with Crippen molar-refractivity contribution in [1.29, 1.82) is 0 Å². The highest BCUT2D eigenvalue weighted by Gasteiger charge is 2.13. The maximum Gasteiger partial charge on any atom is 0.324 e. The van der Waals surface area contributed by atoms with Crippen LogP contribution in [0.25, 0.3) is 22.4 Å². The first-order valence-corrected chi connectivity index (χ1v) is 10.2. The number of rotatable bonds is 6. The van der Waals surface area contributed by atoms with Crippen molar-refractivity contribution in [1.82, 2.24) is 15.4 Å². The molecule has 9 heteroatoms. The van der Waals surface area contributed by atoms with E-state index in [9.17, 15) is 9.59 Å². The number of anilines is 2. The number of ether oxygens (including phenoxy) is 1. The van der Waals surface area contributed by atoms with Crippen LogP contribution in [0.15, 0.2) is 85.2 Å². The predicted octanol–water partition coefficient (Wildman–Crippen LogP) is 4.58. The smallest absolute Gasteiger partial charge is 0.324 e. The zero-order valence-corrected chi connectivity index (χ0v) is 18.1. The summed E-state index contributed by atoms with van der Waals surface area (Å²) in [7, 11) is 1.53. The third-order valence-corrected chi connectivity index (χ3v) is 4.93. The lowest BCUT2D eigenvalue weighted by atomic mass is 10.0. The lowest BCUT2D eigenvalue weighted by Gasteiger charge is -2.11. The second-order valence-electron chi connectivity index (χ2n) is 7.20. The van der Waals surface area contributed by atoms with Crippen LogP contribution in [0, 0.1) is 0 Å². The molecule has 2 aromatic carbocycles. The summed E-state index contributed by atoms with van der Waals surface area (Å²) < 4.78 is 5.15. The number of aromatic nitrogens is 2. The Morgan fingerprint density at radius 1 is 0.882 bits per heavy atom. The van der Waals surface area contributed by atoms with Gasteiger partial charge in [0.15, 0.2) is 0 Å². The van der Waals surface area contributed by atoms with E-state index in [2.05, 4.69) is 20.6 Å². The van der Waals surface area contributed by atoms with Crippen molar-refractivity contribution in [3.05, 3.63) is 90.8 Å². The average Bonchev–Trinajstić information content (AvgIpc) is 2.88. The molecule has 0 unspecified atom stereocenters. The van der Waals surface area contributed by atoms with Crippen molar-refractivity contribution in [2.45, 2.75) is 0 Å². The van der Waals surface area contributed by atoms with Crippen LogP contribution in [0.5, 0.6) is 5.75 Å². The number of urea groups is 1. The van der Waals surface area contributed by atoms with E-state index in [1.807, 2.05) is 36.4 Å². The summed E-state index contributed by atoms with van der Waals surface area (Å²) in [6.45, 7) is 0. The molecule has 0 saturated carbocycles. The minimum atomic E-state index is -0.730. The van der Waals surface area contributed by atoms with Crippen LogP contribution >= 0.6 is 0 Å². The van der Waals surface area contributed by atoms with E-state index in [0.717, 1.165) is 16.7 Å². The summed E-state index contributed by atoms with van der Waals surface area (Å²) in [6.07, 6.45) is 3.47. The number of benzene rings is 2. The summed E-state index contributed by atoms with van der Waals surface area (Å²) in [5, 5.41) is 14.4. The van der Waals surface area contributed by atoms with Gasteiger partial charge >= 0.3 is 6.03 Å². The highest BCUT2D eigenvalue weighted by molar-refractivity contribution is 6.01. The number of nitrogens with zero attached hydrogens (tertiary/aromatic N) is 2. The molecule has 4 N–H and O–H groups in total. The number of hydrogen-bond donors (Lipinski definition) is 4. The van der Waals surface area contributed by atoms with E-state index in [1.54, 1.807) is 42.1 Å². The van der Waals surface area contributed by atoms with Gasteiger partial charge in [0.25, 0.3) is 5.91 Å². The SMILES string of the molecule is COc1cccc(NC(=O)Nc2cc(C(=O)NO)cc(-c3ccc(-c4cccnc4)cc3)n2)c1. The number of pyridine rings is 2. The molecule has 0 radical (unpaired) electrons. The number of hydroxylamine groups is 1. The maximum atomic E-state index is 12.5. The van der Waals surface area contributed by atoms with Crippen LogP contribution in [0.4, 0.5) is 16.3 Å². The molecule has 0 saturated heterocycles.